The van der Waals surface area contributed by atoms with Crippen molar-refractivity contribution in [2.24, 2.45) is 5.92 Å². The maximum atomic E-state index is 12.2. The van der Waals surface area contributed by atoms with E-state index in [2.05, 4.69) is 25.3 Å². The van der Waals surface area contributed by atoms with Crippen LogP contribution in [0, 0.1) is 12.8 Å². The Bertz CT molecular complexity index is 919. The first-order valence-corrected chi connectivity index (χ1v) is 9.98. The number of amides is 1. The van der Waals surface area contributed by atoms with E-state index in [0.717, 1.165) is 43.6 Å². The van der Waals surface area contributed by atoms with Crippen molar-refractivity contribution in [2.75, 3.05) is 19.6 Å². The van der Waals surface area contributed by atoms with E-state index in [4.69, 9.17) is 4.42 Å². The van der Waals surface area contributed by atoms with Gasteiger partial charge in [-0.3, -0.25) is 14.4 Å². The van der Waals surface area contributed by atoms with E-state index in [1.807, 2.05) is 37.6 Å². The summed E-state index contributed by atoms with van der Waals surface area (Å²) in [6.07, 6.45) is 11.2. The zero-order chi connectivity index (χ0) is 20.1. The highest BCUT2D eigenvalue weighted by atomic mass is 16.3. The molecule has 1 N–H and O–H groups in total. The number of rotatable bonds is 7. The highest BCUT2D eigenvalue weighted by Gasteiger charge is 2.21. The molecule has 0 saturated carbocycles. The Kier molecular flexibility index (Phi) is 6.00. The lowest BCUT2D eigenvalue weighted by Gasteiger charge is -2.32. The summed E-state index contributed by atoms with van der Waals surface area (Å²) >= 11 is 0. The fourth-order valence-corrected chi connectivity index (χ4v) is 3.70. The molecule has 3 aromatic heterocycles. The molecule has 1 atom stereocenters. The number of aryl methyl sites for hydroxylation is 1. The van der Waals surface area contributed by atoms with Gasteiger partial charge in [-0.1, -0.05) is 0 Å². The van der Waals surface area contributed by atoms with E-state index in [1.54, 1.807) is 17.1 Å². The second-order valence-electron chi connectivity index (χ2n) is 7.65. The molecule has 29 heavy (non-hydrogen) atoms. The molecule has 1 unspecified atom stereocenters. The predicted octanol–water partition coefficient (Wildman–Crippen LogP) is 2.27. The molecule has 0 spiro atoms. The van der Waals surface area contributed by atoms with Crippen LogP contribution in [0.5, 0.6) is 0 Å². The Labute approximate surface area is 170 Å². The minimum atomic E-state index is 0.00661. The molecule has 1 fully saturated rings. The molecule has 0 aromatic carbocycles. The van der Waals surface area contributed by atoms with Crippen molar-refractivity contribution in [1.29, 1.82) is 0 Å². The summed E-state index contributed by atoms with van der Waals surface area (Å²) in [5.41, 5.74) is 2.14. The van der Waals surface area contributed by atoms with Crippen LogP contribution in [0.25, 0.3) is 11.6 Å². The van der Waals surface area contributed by atoms with Crippen LogP contribution in [0.3, 0.4) is 0 Å². The van der Waals surface area contributed by atoms with Gasteiger partial charge in [0.15, 0.2) is 11.6 Å². The van der Waals surface area contributed by atoms with Gasteiger partial charge < -0.3 is 9.73 Å². The number of carbonyl (C=O) groups excluding carboxylic acids is 1. The highest BCUT2D eigenvalue weighted by molar-refractivity contribution is 5.75. The SMILES string of the molecule is Cc1cnn(CC(=O)NCC2CCCN(Cc3cnc(-c4ccco4)nc3)C2)c1. The van der Waals surface area contributed by atoms with Crippen LogP contribution in [0.1, 0.15) is 24.0 Å². The van der Waals surface area contributed by atoms with Gasteiger partial charge in [-0.2, -0.15) is 5.10 Å². The highest BCUT2D eigenvalue weighted by Crippen LogP contribution is 2.19. The van der Waals surface area contributed by atoms with Crippen molar-refractivity contribution in [1.82, 2.24) is 30.0 Å². The molecule has 4 heterocycles. The topological polar surface area (TPSA) is 89.1 Å². The third-order valence-corrected chi connectivity index (χ3v) is 5.11. The molecule has 3 aromatic rings. The molecule has 152 valence electrons. The summed E-state index contributed by atoms with van der Waals surface area (Å²) in [7, 11) is 0. The number of carbonyl (C=O) groups is 1. The maximum Gasteiger partial charge on any atom is 0.241 e. The number of likely N-dealkylation sites (tertiary alicyclic amines) is 1. The smallest absolute Gasteiger partial charge is 0.241 e. The summed E-state index contributed by atoms with van der Waals surface area (Å²) in [5.74, 6) is 1.74. The van der Waals surface area contributed by atoms with E-state index in [1.165, 1.54) is 0 Å². The van der Waals surface area contributed by atoms with Crippen molar-refractivity contribution < 1.29 is 9.21 Å². The molecule has 0 radical (unpaired) electrons. The summed E-state index contributed by atoms with van der Waals surface area (Å²) in [5, 5.41) is 7.22. The first-order chi connectivity index (χ1) is 14.2. The zero-order valence-electron chi connectivity index (χ0n) is 16.6. The Hall–Kier alpha value is -3.00. The van der Waals surface area contributed by atoms with Crippen molar-refractivity contribution in [3.8, 4) is 11.6 Å². The number of nitrogens with zero attached hydrogens (tertiary/aromatic N) is 5. The van der Waals surface area contributed by atoms with Crippen LogP contribution in [-0.4, -0.2) is 50.2 Å². The predicted molar refractivity (Wildman–Crippen MR) is 108 cm³/mol. The lowest BCUT2D eigenvalue weighted by molar-refractivity contribution is -0.122. The number of piperidine rings is 1. The van der Waals surface area contributed by atoms with E-state index in [-0.39, 0.29) is 12.5 Å². The molecular formula is C21H26N6O2. The van der Waals surface area contributed by atoms with E-state index < -0.39 is 0 Å². The summed E-state index contributed by atoms with van der Waals surface area (Å²) < 4.78 is 7.00. The van der Waals surface area contributed by atoms with Gasteiger partial charge in [-0.15, -0.1) is 0 Å². The van der Waals surface area contributed by atoms with Gasteiger partial charge in [0.2, 0.25) is 5.91 Å². The molecular weight excluding hydrogens is 368 g/mol. The first kappa shape index (κ1) is 19.3. The second-order valence-corrected chi connectivity index (χ2v) is 7.65. The van der Waals surface area contributed by atoms with Gasteiger partial charge in [0.25, 0.3) is 0 Å². The molecule has 1 aliphatic rings. The summed E-state index contributed by atoms with van der Waals surface area (Å²) in [6, 6.07) is 3.68. The number of nitrogens with one attached hydrogen (secondary N) is 1. The number of hydrogen-bond acceptors (Lipinski definition) is 6. The lowest BCUT2D eigenvalue weighted by Crippen LogP contribution is -2.41. The van der Waals surface area contributed by atoms with Crippen molar-refractivity contribution in [3.05, 3.63) is 54.3 Å². The molecule has 8 heteroatoms. The first-order valence-electron chi connectivity index (χ1n) is 9.98. The Morgan fingerprint density at radius 3 is 2.90 bits per heavy atom. The van der Waals surface area contributed by atoms with Gasteiger partial charge in [-0.25, -0.2) is 9.97 Å². The normalized spacial score (nSPS) is 17.3. The van der Waals surface area contributed by atoms with Gasteiger partial charge in [0, 0.05) is 43.8 Å². The molecule has 1 saturated heterocycles. The van der Waals surface area contributed by atoms with Crippen LogP contribution >= 0.6 is 0 Å². The minimum absolute atomic E-state index is 0.00661. The monoisotopic (exact) mass is 394 g/mol. The van der Waals surface area contributed by atoms with Gasteiger partial charge in [0.1, 0.15) is 6.54 Å². The molecule has 1 aliphatic heterocycles. The van der Waals surface area contributed by atoms with Gasteiger partial charge >= 0.3 is 0 Å². The fraction of sp³-hybridized carbons (Fsp3) is 0.429. The zero-order valence-corrected chi connectivity index (χ0v) is 16.6. The average Bonchev–Trinajstić information content (AvgIpc) is 3.39. The minimum Gasteiger partial charge on any atom is -0.461 e. The molecule has 8 nitrogen and oxygen atoms in total. The molecule has 0 aliphatic carbocycles. The van der Waals surface area contributed by atoms with Crippen LogP contribution in [0.15, 0.2) is 47.6 Å². The van der Waals surface area contributed by atoms with Crippen LogP contribution in [-0.2, 0) is 17.9 Å². The maximum absolute atomic E-state index is 12.2. The van der Waals surface area contributed by atoms with E-state index in [9.17, 15) is 4.79 Å². The van der Waals surface area contributed by atoms with E-state index in [0.29, 0.717) is 24.0 Å². The summed E-state index contributed by atoms with van der Waals surface area (Å²) in [6.45, 7) is 5.76. The standard InChI is InChI=1S/C21H26N6O2/c1-16-8-25-27(12-16)15-20(28)22-9-17-4-2-6-26(13-17)14-18-10-23-21(24-11-18)19-5-3-7-29-19/h3,5,7-8,10-12,17H,2,4,6,9,13-15H2,1H3,(H,22,28). The van der Waals surface area contributed by atoms with Crippen molar-refractivity contribution in [2.45, 2.75) is 32.9 Å². The largest absolute Gasteiger partial charge is 0.461 e. The van der Waals surface area contributed by atoms with Crippen LogP contribution in [0.4, 0.5) is 0 Å². The second kappa shape index (κ2) is 9.00. The van der Waals surface area contributed by atoms with Crippen molar-refractivity contribution >= 4 is 5.91 Å². The van der Waals surface area contributed by atoms with Crippen LogP contribution < -0.4 is 5.32 Å². The molecule has 4 rings (SSSR count). The molecule has 0 bridgehead atoms. The Balaban J connectivity index is 1.24. The average molecular weight is 394 g/mol. The van der Waals surface area contributed by atoms with Crippen molar-refractivity contribution in [3.63, 3.8) is 0 Å². The Morgan fingerprint density at radius 1 is 1.31 bits per heavy atom. The molecule has 1 amide bonds. The lowest BCUT2D eigenvalue weighted by atomic mass is 9.97. The number of aromatic nitrogens is 4. The van der Waals surface area contributed by atoms with Gasteiger partial charge in [-0.05, 0) is 49.9 Å². The number of furan rings is 1. The van der Waals surface area contributed by atoms with Gasteiger partial charge in [0.05, 0.1) is 12.5 Å². The quantitative estimate of drug-likeness (QED) is 0.661. The Morgan fingerprint density at radius 2 is 2.17 bits per heavy atom. The third kappa shape index (κ3) is 5.29. The summed E-state index contributed by atoms with van der Waals surface area (Å²) in [4.78, 5) is 23.4. The van der Waals surface area contributed by atoms with Crippen LogP contribution in [0.2, 0.25) is 0 Å². The number of hydrogen-bond donors (Lipinski definition) is 1. The van der Waals surface area contributed by atoms with E-state index >= 15 is 0 Å². The third-order valence-electron chi connectivity index (χ3n) is 5.11. The fourth-order valence-electron chi connectivity index (χ4n) is 3.70.